The number of imidazole rings is 1. The van der Waals surface area contributed by atoms with E-state index in [9.17, 15) is 14.7 Å². The number of carbonyl (C=O) groups excluding carboxylic acids is 2. The lowest BCUT2D eigenvalue weighted by Crippen LogP contribution is -2.15. The number of methoxy groups -OCH3 is 2. The van der Waals surface area contributed by atoms with Crippen molar-refractivity contribution in [1.29, 1.82) is 0 Å². The fourth-order valence-corrected chi connectivity index (χ4v) is 3.43. The molecule has 0 spiro atoms. The molecule has 8 nitrogen and oxygen atoms in total. The molecule has 0 bridgehead atoms. The molecule has 0 radical (unpaired) electrons. The van der Waals surface area contributed by atoms with E-state index in [0.717, 1.165) is 11.3 Å². The van der Waals surface area contributed by atoms with E-state index in [1.807, 2.05) is 28.8 Å². The Hall–Kier alpha value is -4.20. The van der Waals surface area contributed by atoms with Gasteiger partial charge in [-0.05, 0) is 42.3 Å². The average molecular weight is 431 g/mol. The number of fused-ring (bicyclic) bond motifs is 1. The van der Waals surface area contributed by atoms with Crippen LogP contribution in [0.5, 0.6) is 11.5 Å². The van der Waals surface area contributed by atoms with Gasteiger partial charge in [-0.25, -0.2) is 14.8 Å². The molecule has 0 amide bonds. The first-order valence-electron chi connectivity index (χ1n) is 9.91. The van der Waals surface area contributed by atoms with Crippen molar-refractivity contribution in [3.63, 3.8) is 0 Å². The minimum Gasteiger partial charge on any atom is -0.507 e. The number of benzene rings is 2. The van der Waals surface area contributed by atoms with Gasteiger partial charge >= 0.3 is 5.97 Å². The van der Waals surface area contributed by atoms with Gasteiger partial charge < -0.3 is 19.1 Å². The number of ketones is 1. The summed E-state index contributed by atoms with van der Waals surface area (Å²) in [5.74, 6) is -0.675. The van der Waals surface area contributed by atoms with Crippen LogP contribution in [0.1, 0.15) is 32.0 Å². The molecule has 2 aromatic carbocycles. The summed E-state index contributed by atoms with van der Waals surface area (Å²) in [6, 6.07) is 15.4. The van der Waals surface area contributed by atoms with Crippen molar-refractivity contribution >= 4 is 22.9 Å². The van der Waals surface area contributed by atoms with Gasteiger partial charge in [0.05, 0.1) is 31.7 Å². The number of carbonyl (C=O) groups is 2. The molecule has 0 fully saturated rings. The van der Waals surface area contributed by atoms with Crippen molar-refractivity contribution in [3.8, 4) is 11.5 Å². The molecule has 4 aromatic rings. The Morgan fingerprint density at radius 3 is 2.47 bits per heavy atom. The summed E-state index contributed by atoms with van der Waals surface area (Å²) in [7, 11) is 2.85. The second-order valence-electron chi connectivity index (χ2n) is 7.10. The molecule has 0 aliphatic heterocycles. The average Bonchev–Trinajstić information content (AvgIpc) is 3.23. The van der Waals surface area contributed by atoms with Crippen LogP contribution in [-0.4, -0.2) is 45.6 Å². The third-order valence-corrected chi connectivity index (χ3v) is 5.16. The molecule has 32 heavy (non-hydrogen) atoms. The van der Waals surface area contributed by atoms with Gasteiger partial charge in [-0.15, -0.1) is 0 Å². The Labute approximate surface area is 184 Å². The molecule has 2 heterocycles. The monoisotopic (exact) mass is 431 g/mol. The van der Waals surface area contributed by atoms with Crippen LogP contribution in [0.25, 0.3) is 11.2 Å². The quantitative estimate of drug-likeness (QED) is 0.353. The van der Waals surface area contributed by atoms with E-state index in [2.05, 4.69) is 9.97 Å². The number of aromatic nitrogens is 3. The maximum Gasteiger partial charge on any atom is 0.357 e. The summed E-state index contributed by atoms with van der Waals surface area (Å²) in [6.07, 6.45) is 2.33. The second kappa shape index (κ2) is 8.89. The molecular formula is C24H21N3O5. The number of phenolic OH excluding ortho intramolecular Hbond substituents is 1. The van der Waals surface area contributed by atoms with Gasteiger partial charge in [-0.1, -0.05) is 24.3 Å². The van der Waals surface area contributed by atoms with E-state index in [0.29, 0.717) is 24.1 Å². The summed E-state index contributed by atoms with van der Waals surface area (Å²) in [4.78, 5) is 34.3. The highest BCUT2D eigenvalue weighted by atomic mass is 16.5. The SMILES string of the molecule is COC(=O)c1nc2c(cc1C(=O)c1ccccc1O)ncn2CCc1ccc(OC)cc1. The molecule has 8 heteroatoms. The number of pyridine rings is 1. The first kappa shape index (κ1) is 21.0. The summed E-state index contributed by atoms with van der Waals surface area (Å²) < 4.78 is 11.9. The van der Waals surface area contributed by atoms with Crippen molar-refractivity contribution in [2.75, 3.05) is 14.2 Å². The van der Waals surface area contributed by atoms with Crippen molar-refractivity contribution in [2.24, 2.45) is 0 Å². The first-order valence-corrected chi connectivity index (χ1v) is 9.91. The summed E-state index contributed by atoms with van der Waals surface area (Å²) >= 11 is 0. The van der Waals surface area contributed by atoms with E-state index < -0.39 is 11.8 Å². The molecular weight excluding hydrogens is 410 g/mol. The molecule has 0 atom stereocenters. The van der Waals surface area contributed by atoms with Crippen molar-refractivity contribution < 1.29 is 24.2 Å². The number of para-hydroxylation sites is 1. The lowest BCUT2D eigenvalue weighted by molar-refractivity contribution is 0.0591. The maximum atomic E-state index is 13.1. The number of ether oxygens (including phenoxy) is 2. The topological polar surface area (TPSA) is 104 Å². The molecule has 2 aromatic heterocycles. The van der Waals surface area contributed by atoms with Crippen LogP contribution in [0.2, 0.25) is 0 Å². The number of aryl methyl sites for hydroxylation is 2. The van der Waals surface area contributed by atoms with Gasteiger partial charge in [0.1, 0.15) is 17.0 Å². The third kappa shape index (κ3) is 4.02. The lowest BCUT2D eigenvalue weighted by atomic mass is 10.0. The summed E-state index contributed by atoms with van der Waals surface area (Å²) in [6.45, 7) is 0.573. The number of aromatic hydroxyl groups is 1. The summed E-state index contributed by atoms with van der Waals surface area (Å²) in [5.41, 5.74) is 1.99. The standard InChI is InChI=1S/C24H21N3O5/c1-31-16-9-7-15(8-10-16)11-12-27-14-25-19-13-18(21(24(30)32-2)26-23(19)27)22(29)17-5-3-4-6-20(17)28/h3-10,13-14,28H,11-12H2,1-2H3. The van der Waals surface area contributed by atoms with Gasteiger partial charge in [0.15, 0.2) is 17.1 Å². The van der Waals surface area contributed by atoms with Crippen LogP contribution in [-0.2, 0) is 17.7 Å². The normalized spacial score (nSPS) is 10.8. The number of hydrogen-bond acceptors (Lipinski definition) is 7. The Morgan fingerprint density at radius 2 is 1.78 bits per heavy atom. The third-order valence-electron chi connectivity index (χ3n) is 5.16. The molecule has 162 valence electrons. The molecule has 1 N–H and O–H groups in total. The van der Waals surface area contributed by atoms with Crippen molar-refractivity contribution in [3.05, 3.63) is 83.3 Å². The van der Waals surface area contributed by atoms with Crippen LogP contribution < -0.4 is 4.74 Å². The number of hydrogen-bond donors (Lipinski definition) is 1. The van der Waals surface area contributed by atoms with Gasteiger partial charge in [-0.3, -0.25) is 4.79 Å². The van der Waals surface area contributed by atoms with Crippen LogP contribution in [0.3, 0.4) is 0 Å². The zero-order valence-corrected chi connectivity index (χ0v) is 17.6. The van der Waals surface area contributed by atoms with Gasteiger partial charge in [0, 0.05) is 6.54 Å². The lowest BCUT2D eigenvalue weighted by Gasteiger charge is -2.10. The Bertz CT molecular complexity index is 1290. The van der Waals surface area contributed by atoms with E-state index in [-0.39, 0.29) is 22.6 Å². The highest BCUT2D eigenvalue weighted by Crippen LogP contribution is 2.24. The molecule has 0 saturated heterocycles. The van der Waals surface area contributed by atoms with E-state index >= 15 is 0 Å². The van der Waals surface area contributed by atoms with E-state index in [4.69, 9.17) is 9.47 Å². The zero-order chi connectivity index (χ0) is 22.7. The molecule has 0 unspecified atom stereocenters. The largest absolute Gasteiger partial charge is 0.507 e. The van der Waals surface area contributed by atoms with Gasteiger partial charge in [0.25, 0.3) is 0 Å². The van der Waals surface area contributed by atoms with E-state index in [1.54, 1.807) is 25.6 Å². The minimum absolute atomic E-state index is 0.0197. The Morgan fingerprint density at radius 1 is 1.03 bits per heavy atom. The van der Waals surface area contributed by atoms with Crippen molar-refractivity contribution in [2.45, 2.75) is 13.0 Å². The van der Waals surface area contributed by atoms with Crippen LogP contribution >= 0.6 is 0 Å². The minimum atomic E-state index is -0.742. The Balaban J connectivity index is 1.70. The molecule has 0 aliphatic rings. The summed E-state index contributed by atoms with van der Waals surface area (Å²) in [5, 5.41) is 10.1. The number of esters is 1. The maximum absolute atomic E-state index is 13.1. The van der Waals surface area contributed by atoms with Crippen LogP contribution in [0.15, 0.2) is 60.9 Å². The predicted molar refractivity (Wildman–Crippen MR) is 117 cm³/mol. The number of nitrogens with zero attached hydrogens (tertiary/aromatic N) is 3. The van der Waals surface area contributed by atoms with Crippen LogP contribution in [0, 0.1) is 0 Å². The first-order chi connectivity index (χ1) is 15.5. The molecule has 0 aliphatic carbocycles. The van der Waals surface area contributed by atoms with E-state index in [1.165, 1.54) is 25.3 Å². The smallest absolute Gasteiger partial charge is 0.357 e. The number of phenols is 1. The van der Waals surface area contributed by atoms with Crippen LogP contribution in [0.4, 0.5) is 0 Å². The molecule has 4 rings (SSSR count). The predicted octanol–water partition coefficient (Wildman–Crippen LogP) is 3.41. The highest BCUT2D eigenvalue weighted by Gasteiger charge is 2.24. The fourth-order valence-electron chi connectivity index (χ4n) is 3.43. The van der Waals surface area contributed by atoms with Gasteiger partial charge in [-0.2, -0.15) is 0 Å². The number of rotatable bonds is 7. The van der Waals surface area contributed by atoms with Crippen molar-refractivity contribution in [1.82, 2.24) is 14.5 Å². The van der Waals surface area contributed by atoms with Gasteiger partial charge in [0.2, 0.25) is 0 Å². The highest BCUT2D eigenvalue weighted by molar-refractivity contribution is 6.16. The Kier molecular flexibility index (Phi) is 5.85. The zero-order valence-electron chi connectivity index (χ0n) is 17.6. The molecule has 0 saturated carbocycles. The fraction of sp³-hybridized carbons (Fsp3) is 0.167. The second-order valence-corrected chi connectivity index (χ2v) is 7.10.